The number of carboxylic acid groups (broad SMARTS) is 1. The SMILES string of the molecule is Cc1cccnc1CC(=O)N[C@H](CC(N)=O)C(=O)O. The molecule has 0 unspecified atom stereocenters. The van der Waals surface area contributed by atoms with E-state index < -0.39 is 30.2 Å². The van der Waals surface area contributed by atoms with E-state index >= 15 is 0 Å². The number of pyridine rings is 1. The van der Waals surface area contributed by atoms with Crippen LogP contribution in [0, 0.1) is 6.92 Å². The van der Waals surface area contributed by atoms with Crippen LogP contribution >= 0.6 is 0 Å². The van der Waals surface area contributed by atoms with Crippen molar-refractivity contribution >= 4 is 17.8 Å². The molecular formula is C12H15N3O4. The number of carbonyl (C=O) groups excluding carboxylic acids is 2. The number of nitrogens with one attached hydrogen (secondary N) is 1. The Bertz CT molecular complexity index is 502. The maximum Gasteiger partial charge on any atom is 0.326 e. The normalized spacial score (nSPS) is 11.6. The Morgan fingerprint density at radius 3 is 2.68 bits per heavy atom. The van der Waals surface area contributed by atoms with Gasteiger partial charge in [0.25, 0.3) is 0 Å². The lowest BCUT2D eigenvalue weighted by atomic mass is 10.1. The molecule has 0 saturated carbocycles. The lowest BCUT2D eigenvalue weighted by molar-refractivity contribution is -0.143. The summed E-state index contributed by atoms with van der Waals surface area (Å²) in [5.41, 5.74) is 6.31. The van der Waals surface area contributed by atoms with E-state index in [0.29, 0.717) is 5.69 Å². The summed E-state index contributed by atoms with van der Waals surface area (Å²) in [5.74, 6) is -2.61. The third kappa shape index (κ3) is 4.74. The Labute approximate surface area is 109 Å². The summed E-state index contributed by atoms with van der Waals surface area (Å²) >= 11 is 0. The highest BCUT2D eigenvalue weighted by molar-refractivity contribution is 5.88. The van der Waals surface area contributed by atoms with Crippen molar-refractivity contribution in [2.45, 2.75) is 25.8 Å². The second-order valence-corrected chi connectivity index (χ2v) is 4.07. The van der Waals surface area contributed by atoms with Crippen LogP contribution in [-0.2, 0) is 20.8 Å². The minimum Gasteiger partial charge on any atom is -0.480 e. The summed E-state index contributed by atoms with van der Waals surface area (Å²) < 4.78 is 0. The molecule has 7 heteroatoms. The van der Waals surface area contributed by atoms with E-state index in [2.05, 4.69) is 10.3 Å². The number of carboxylic acids is 1. The lowest BCUT2D eigenvalue weighted by Gasteiger charge is -2.13. The molecule has 19 heavy (non-hydrogen) atoms. The van der Waals surface area contributed by atoms with Crippen molar-refractivity contribution < 1.29 is 19.5 Å². The number of amides is 2. The van der Waals surface area contributed by atoms with Gasteiger partial charge in [0.2, 0.25) is 11.8 Å². The smallest absolute Gasteiger partial charge is 0.326 e. The van der Waals surface area contributed by atoms with E-state index in [1.54, 1.807) is 25.3 Å². The molecule has 0 aromatic carbocycles. The Kier molecular flexibility index (Phi) is 4.99. The fourth-order valence-corrected chi connectivity index (χ4v) is 1.50. The molecule has 0 spiro atoms. The molecule has 1 aromatic rings. The fourth-order valence-electron chi connectivity index (χ4n) is 1.50. The molecule has 1 rings (SSSR count). The topological polar surface area (TPSA) is 122 Å². The number of nitrogens with two attached hydrogens (primary N) is 1. The van der Waals surface area contributed by atoms with Crippen molar-refractivity contribution in [2.75, 3.05) is 0 Å². The van der Waals surface area contributed by atoms with Gasteiger partial charge in [-0.2, -0.15) is 0 Å². The van der Waals surface area contributed by atoms with E-state index in [9.17, 15) is 14.4 Å². The van der Waals surface area contributed by atoms with Gasteiger partial charge in [-0.25, -0.2) is 4.79 Å². The zero-order valence-electron chi connectivity index (χ0n) is 10.4. The number of aryl methyl sites for hydroxylation is 1. The number of primary amides is 1. The van der Waals surface area contributed by atoms with Gasteiger partial charge in [0.1, 0.15) is 6.04 Å². The van der Waals surface area contributed by atoms with Gasteiger partial charge >= 0.3 is 5.97 Å². The fraction of sp³-hybridized carbons (Fsp3) is 0.333. The molecule has 7 nitrogen and oxygen atoms in total. The summed E-state index contributed by atoms with van der Waals surface area (Å²) in [6.45, 7) is 1.80. The maximum atomic E-state index is 11.7. The summed E-state index contributed by atoms with van der Waals surface area (Å²) in [6.07, 6.45) is 1.06. The van der Waals surface area contributed by atoms with Gasteiger partial charge in [0.05, 0.1) is 18.5 Å². The van der Waals surface area contributed by atoms with Crippen molar-refractivity contribution in [3.63, 3.8) is 0 Å². The van der Waals surface area contributed by atoms with Crippen LogP contribution in [0.4, 0.5) is 0 Å². The summed E-state index contributed by atoms with van der Waals surface area (Å²) in [5, 5.41) is 11.1. The van der Waals surface area contributed by atoms with Gasteiger partial charge in [-0.15, -0.1) is 0 Å². The average Bonchev–Trinajstić information content (AvgIpc) is 2.30. The highest BCUT2D eigenvalue weighted by Crippen LogP contribution is 2.04. The Morgan fingerprint density at radius 1 is 1.47 bits per heavy atom. The molecule has 0 aliphatic rings. The first-order chi connectivity index (χ1) is 8.90. The molecule has 1 heterocycles. The van der Waals surface area contributed by atoms with Gasteiger partial charge < -0.3 is 16.2 Å². The molecule has 0 aliphatic heterocycles. The van der Waals surface area contributed by atoms with Crippen LogP contribution < -0.4 is 11.1 Å². The lowest BCUT2D eigenvalue weighted by Crippen LogP contribution is -2.44. The van der Waals surface area contributed by atoms with E-state index in [-0.39, 0.29) is 6.42 Å². The Morgan fingerprint density at radius 2 is 2.16 bits per heavy atom. The van der Waals surface area contributed by atoms with Gasteiger partial charge in [0.15, 0.2) is 0 Å². The van der Waals surface area contributed by atoms with Crippen molar-refractivity contribution in [3.05, 3.63) is 29.6 Å². The Balaban J connectivity index is 2.65. The van der Waals surface area contributed by atoms with E-state index in [0.717, 1.165) is 5.56 Å². The molecule has 0 aliphatic carbocycles. The average molecular weight is 265 g/mol. The third-order valence-corrected chi connectivity index (χ3v) is 2.48. The first-order valence-corrected chi connectivity index (χ1v) is 5.61. The van der Waals surface area contributed by atoms with Crippen LogP contribution in [-0.4, -0.2) is 33.9 Å². The molecular weight excluding hydrogens is 250 g/mol. The molecule has 2 amide bonds. The van der Waals surface area contributed by atoms with Gasteiger partial charge in [-0.3, -0.25) is 14.6 Å². The van der Waals surface area contributed by atoms with Crippen LogP contribution in [0.3, 0.4) is 0 Å². The van der Waals surface area contributed by atoms with Crippen molar-refractivity contribution in [1.82, 2.24) is 10.3 Å². The predicted molar refractivity (Wildman–Crippen MR) is 66.1 cm³/mol. The van der Waals surface area contributed by atoms with Crippen LogP contribution in [0.25, 0.3) is 0 Å². The third-order valence-electron chi connectivity index (χ3n) is 2.48. The molecule has 4 N–H and O–H groups in total. The van der Waals surface area contributed by atoms with Crippen LogP contribution in [0.2, 0.25) is 0 Å². The maximum absolute atomic E-state index is 11.7. The highest BCUT2D eigenvalue weighted by Gasteiger charge is 2.22. The number of hydrogen-bond acceptors (Lipinski definition) is 4. The van der Waals surface area contributed by atoms with Crippen molar-refractivity contribution in [2.24, 2.45) is 5.73 Å². The van der Waals surface area contributed by atoms with Crippen LogP contribution in [0.15, 0.2) is 18.3 Å². The van der Waals surface area contributed by atoms with E-state index in [4.69, 9.17) is 10.8 Å². The van der Waals surface area contributed by atoms with E-state index in [1.165, 1.54) is 0 Å². The number of aromatic nitrogens is 1. The van der Waals surface area contributed by atoms with Crippen LogP contribution in [0.5, 0.6) is 0 Å². The van der Waals surface area contributed by atoms with Gasteiger partial charge in [0, 0.05) is 6.20 Å². The monoisotopic (exact) mass is 265 g/mol. The summed E-state index contributed by atoms with van der Waals surface area (Å²) in [7, 11) is 0. The zero-order valence-corrected chi connectivity index (χ0v) is 10.4. The molecule has 0 fully saturated rings. The zero-order chi connectivity index (χ0) is 14.4. The Hall–Kier alpha value is -2.44. The molecule has 102 valence electrons. The minimum absolute atomic E-state index is 0.0464. The van der Waals surface area contributed by atoms with Crippen LogP contribution in [0.1, 0.15) is 17.7 Å². The standard InChI is InChI=1S/C12H15N3O4/c1-7-3-2-4-14-8(7)6-11(17)15-9(12(18)19)5-10(13)16/h2-4,9H,5-6H2,1H3,(H2,13,16)(H,15,17)(H,18,19)/t9-/m1/s1. The second-order valence-electron chi connectivity index (χ2n) is 4.07. The van der Waals surface area contributed by atoms with Crippen molar-refractivity contribution in [3.8, 4) is 0 Å². The predicted octanol–water partition coefficient (Wildman–Crippen LogP) is -0.623. The number of aliphatic carboxylic acids is 1. The largest absolute Gasteiger partial charge is 0.480 e. The van der Waals surface area contributed by atoms with Crippen molar-refractivity contribution in [1.29, 1.82) is 0 Å². The first-order valence-electron chi connectivity index (χ1n) is 5.61. The second kappa shape index (κ2) is 6.48. The molecule has 1 aromatic heterocycles. The summed E-state index contributed by atoms with van der Waals surface area (Å²) in [4.78, 5) is 37.3. The first kappa shape index (κ1) is 14.6. The van der Waals surface area contributed by atoms with Gasteiger partial charge in [-0.05, 0) is 18.6 Å². The summed E-state index contributed by atoms with van der Waals surface area (Å²) in [6, 6.07) is 2.23. The highest BCUT2D eigenvalue weighted by atomic mass is 16.4. The molecule has 0 bridgehead atoms. The molecule has 1 atom stereocenters. The molecule has 0 saturated heterocycles. The quantitative estimate of drug-likeness (QED) is 0.632. The van der Waals surface area contributed by atoms with Gasteiger partial charge in [-0.1, -0.05) is 6.07 Å². The molecule has 0 radical (unpaired) electrons. The number of carbonyl (C=O) groups is 3. The number of nitrogens with zero attached hydrogens (tertiary/aromatic N) is 1. The number of hydrogen-bond donors (Lipinski definition) is 3. The minimum atomic E-state index is -1.31. The van der Waals surface area contributed by atoms with E-state index in [1.807, 2.05) is 0 Å². The number of rotatable bonds is 6.